The summed E-state index contributed by atoms with van der Waals surface area (Å²) < 4.78 is 16.8. The van der Waals surface area contributed by atoms with Crippen molar-refractivity contribution < 1.29 is 28.6 Å². The Morgan fingerprint density at radius 2 is 0.488 bits per heavy atom. The van der Waals surface area contributed by atoms with E-state index in [1.54, 1.807) is 0 Å². The first-order valence-corrected chi connectivity index (χ1v) is 34.2. The molecule has 0 saturated carbocycles. The molecular formula is C76H126O6. The minimum absolute atomic E-state index is 0.0968. The van der Waals surface area contributed by atoms with Gasteiger partial charge in [-0.3, -0.25) is 14.4 Å². The van der Waals surface area contributed by atoms with E-state index in [0.717, 1.165) is 109 Å². The predicted octanol–water partition coefficient (Wildman–Crippen LogP) is 23.7. The van der Waals surface area contributed by atoms with E-state index < -0.39 is 6.10 Å². The van der Waals surface area contributed by atoms with Gasteiger partial charge in [-0.1, -0.05) is 309 Å². The van der Waals surface area contributed by atoms with Crippen molar-refractivity contribution in [3.8, 4) is 0 Å². The molecule has 0 aromatic rings. The fraction of sp³-hybridized carbons (Fsp3) is 0.671. The summed E-state index contributed by atoms with van der Waals surface area (Å²) in [6, 6.07) is 0. The molecule has 0 aliphatic rings. The number of allylic oxidation sites excluding steroid dienone is 22. The molecule has 0 aromatic carbocycles. The van der Waals surface area contributed by atoms with Gasteiger partial charge < -0.3 is 14.2 Å². The van der Waals surface area contributed by atoms with Crippen LogP contribution in [0.2, 0.25) is 0 Å². The fourth-order valence-electron chi connectivity index (χ4n) is 9.30. The van der Waals surface area contributed by atoms with Crippen LogP contribution in [0.4, 0.5) is 0 Å². The molecule has 1 atom stereocenters. The molecule has 0 saturated heterocycles. The van der Waals surface area contributed by atoms with E-state index in [1.807, 2.05) is 0 Å². The van der Waals surface area contributed by atoms with Gasteiger partial charge >= 0.3 is 17.9 Å². The van der Waals surface area contributed by atoms with E-state index >= 15 is 0 Å². The monoisotopic (exact) mass is 1130 g/mol. The van der Waals surface area contributed by atoms with E-state index in [-0.39, 0.29) is 37.5 Å². The average Bonchev–Trinajstić information content (AvgIpc) is 3.47. The summed E-state index contributed by atoms with van der Waals surface area (Å²) in [4.78, 5) is 38.2. The normalized spacial score (nSPS) is 13.0. The molecular weight excluding hydrogens is 1010 g/mol. The largest absolute Gasteiger partial charge is 0.462 e. The van der Waals surface area contributed by atoms with Crippen LogP contribution >= 0.6 is 0 Å². The molecule has 0 amide bonds. The third kappa shape index (κ3) is 66.4. The lowest BCUT2D eigenvalue weighted by Crippen LogP contribution is -2.30. The van der Waals surface area contributed by atoms with Crippen molar-refractivity contribution in [2.45, 2.75) is 316 Å². The van der Waals surface area contributed by atoms with Crippen LogP contribution in [0.15, 0.2) is 134 Å². The Labute approximate surface area is 506 Å². The van der Waals surface area contributed by atoms with Crippen molar-refractivity contribution in [3.05, 3.63) is 134 Å². The second-order valence-electron chi connectivity index (χ2n) is 22.4. The summed E-state index contributed by atoms with van der Waals surface area (Å²) in [5, 5.41) is 0. The van der Waals surface area contributed by atoms with Gasteiger partial charge in [0.25, 0.3) is 0 Å². The maximum absolute atomic E-state index is 12.9. The van der Waals surface area contributed by atoms with Crippen LogP contribution < -0.4 is 0 Å². The molecule has 0 aliphatic carbocycles. The maximum atomic E-state index is 12.9. The molecule has 0 aliphatic heterocycles. The topological polar surface area (TPSA) is 78.9 Å². The molecule has 6 heteroatoms. The van der Waals surface area contributed by atoms with Gasteiger partial charge in [0, 0.05) is 19.3 Å². The van der Waals surface area contributed by atoms with E-state index in [9.17, 15) is 14.4 Å². The number of hydrogen-bond acceptors (Lipinski definition) is 6. The highest BCUT2D eigenvalue weighted by Gasteiger charge is 2.19. The molecule has 0 bridgehead atoms. The number of ether oxygens (including phenoxy) is 3. The highest BCUT2D eigenvalue weighted by Crippen LogP contribution is 2.16. The molecule has 0 rings (SSSR count). The van der Waals surface area contributed by atoms with E-state index in [0.29, 0.717) is 19.3 Å². The van der Waals surface area contributed by atoms with Crippen LogP contribution in [0.5, 0.6) is 0 Å². The van der Waals surface area contributed by atoms with Gasteiger partial charge in [-0.15, -0.1) is 0 Å². The first-order valence-electron chi connectivity index (χ1n) is 34.2. The molecule has 82 heavy (non-hydrogen) atoms. The maximum Gasteiger partial charge on any atom is 0.306 e. The van der Waals surface area contributed by atoms with Gasteiger partial charge in [-0.25, -0.2) is 0 Å². The molecule has 0 spiro atoms. The minimum Gasteiger partial charge on any atom is -0.462 e. The second-order valence-corrected chi connectivity index (χ2v) is 22.4. The van der Waals surface area contributed by atoms with Gasteiger partial charge in [0.2, 0.25) is 0 Å². The van der Waals surface area contributed by atoms with Crippen LogP contribution in [-0.4, -0.2) is 37.2 Å². The van der Waals surface area contributed by atoms with Crippen LogP contribution in [-0.2, 0) is 28.6 Å². The first-order chi connectivity index (χ1) is 40.5. The lowest BCUT2D eigenvalue weighted by molar-refractivity contribution is -0.167. The van der Waals surface area contributed by atoms with Gasteiger partial charge in [0.1, 0.15) is 13.2 Å². The van der Waals surface area contributed by atoms with Gasteiger partial charge in [0.05, 0.1) is 0 Å². The number of carbonyl (C=O) groups excluding carboxylic acids is 3. The number of hydrogen-bond donors (Lipinski definition) is 0. The molecule has 6 nitrogen and oxygen atoms in total. The van der Waals surface area contributed by atoms with E-state index in [2.05, 4.69) is 154 Å². The lowest BCUT2D eigenvalue weighted by atomic mass is 10.0. The Morgan fingerprint density at radius 1 is 0.256 bits per heavy atom. The highest BCUT2D eigenvalue weighted by atomic mass is 16.6. The Bertz CT molecular complexity index is 1730. The predicted molar refractivity (Wildman–Crippen MR) is 357 cm³/mol. The molecule has 466 valence electrons. The average molecular weight is 1140 g/mol. The van der Waals surface area contributed by atoms with Gasteiger partial charge in [0.15, 0.2) is 6.10 Å². The summed E-state index contributed by atoms with van der Waals surface area (Å²) >= 11 is 0. The van der Waals surface area contributed by atoms with Crippen molar-refractivity contribution in [1.29, 1.82) is 0 Å². The van der Waals surface area contributed by atoms with E-state index in [4.69, 9.17) is 14.2 Å². The fourth-order valence-corrected chi connectivity index (χ4v) is 9.30. The Kier molecular flexibility index (Phi) is 65.3. The van der Waals surface area contributed by atoms with Crippen molar-refractivity contribution in [3.63, 3.8) is 0 Å². The summed E-state index contributed by atoms with van der Waals surface area (Å²) in [5.74, 6) is -0.959. The summed E-state index contributed by atoms with van der Waals surface area (Å²) in [6.07, 6.45) is 97.8. The van der Waals surface area contributed by atoms with Crippen molar-refractivity contribution in [2.75, 3.05) is 13.2 Å². The second kappa shape index (κ2) is 69.0. The molecule has 0 radical (unpaired) electrons. The molecule has 0 aromatic heterocycles. The molecule has 0 N–H and O–H groups in total. The standard InChI is InChI=1S/C76H126O6/c1-4-7-10-13-16-19-21-23-25-27-29-31-33-35-37-38-40-41-43-45-47-49-51-53-55-57-60-63-66-69-75(78)81-72-73(71-80-74(77)68-65-62-59-18-15-12-9-6-3)82-76(79)70-67-64-61-58-56-54-52-50-48-46-44-42-39-36-34-32-30-28-26-24-22-20-17-14-11-8-5-2/h7,10,16,19,22-25,28-31,35,37,40-41,45,47,51,53,57,60,73H,4-6,8-9,11-15,17-18,20-21,26-27,32-34,36,38-39,42-44,46,48-50,52,54-56,58-59,61-72H2,1-3H3/b10-7-,19-16-,24-22-,25-23-,30-28-,31-29-,37-35-,41-40-,47-45-,53-51-,60-57-. The van der Waals surface area contributed by atoms with Gasteiger partial charge in [-0.2, -0.15) is 0 Å². The van der Waals surface area contributed by atoms with Crippen molar-refractivity contribution >= 4 is 17.9 Å². The van der Waals surface area contributed by atoms with Crippen LogP contribution in [0.1, 0.15) is 310 Å². The Morgan fingerprint density at radius 3 is 0.793 bits per heavy atom. The molecule has 0 fully saturated rings. The number of unbranched alkanes of at least 4 members (excludes halogenated alkanes) is 28. The summed E-state index contributed by atoms with van der Waals surface area (Å²) in [7, 11) is 0. The smallest absolute Gasteiger partial charge is 0.306 e. The van der Waals surface area contributed by atoms with Crippen LogP contribution in [0.25, 0.3) is 0 Å². The van der Waals surface area contributed by atoms with Crippen molar-refractivity contribution in [1.82, 2.24) is 0 Å². The van der Waals surface area contributed by atoms with Crippen LogP contribution in [0, 0.1) is 0 Å². The highest BCUT2D eigenvalue weighted by molar-refractivity contribution is 5.71. The SMILES string of the molecule is CC/C=C\C/C=C\C/C=C\C/C=C\C/C=C\C/C=C\C/C=C\C/C=C\C/C=C\CCCC(=O)OCC(COC(=O)CCCCCCCCCC)OC(=O)CCCCCCCCCCCCCCCCC/C=C\C/C=C\CCCCCCC. The third-order valence-corrected chi connectivity index (χ3v) is 14.4. The number of rotatable bonds is 61. The number of esters is 3. The van der Waals surface area contributed by atoms with Crippen molar-refractivity contribution in [2.24, 2.45) is 0 Å². The number of carbonyl (C=O) groups is 3. The lowest BCUT2D eigenvalue weighted by Gasteiger charge is -2.18. The Balaban J connectivity index is 4.26. The van der Waals surface area contributed by atoms with E-state index in [1.165, 1.54) is 154 Å². The van der Waals surface area contributed by atoms with Gasteiger partial charge in [-0.05, 0) is 116 Å². The Hall–Kier alpha value is -4.45. The summed E-state index contributed by atoms with van der Waals surface area (Å²) in [5.41, 5.74) is 0. The zero-order chi connectivity index (χ0) is 59.2. The zero-order valence-electron chi connectivity index (χ0n) is 53.5. The quantitative estimate of drug-likeness (QED) is 0.0261. The summed E-state index contributed by atoms with van der Waals surface area (Å²) in [6.45, 7) is 6.45. The zero-order valence-corrected chi connectivity index (χ0v) is 53.5. The minimum atomic E-state index is -0.804. The van der Waals surface area contributed by atoms with Crippen LogP contribution in [0.3, 0.4) is 0 Å². The first kappa shape index (κ1) is 77.5. The third-order valence-electron chi connectivity index (χ3n) is 14.4. The molecule has 0 heterocycles. The molecule has 1 unspecified atom stereocenters.